The van der Waals surface area contributed by atoms with E-state index in [1.54, 1.807) is 18.4 Å². The second-order valence-electron chi connectivity index (χ2n) is 5.76. The molecule has 0 bridgehead atoms. The van der Waals surface area contributed by atoms with Gasteiger partial charge in [0.1, 0.15) is 5.75 Å². The van der Waals surface area contributed by atoms with Gasteiger partial charge in [0.25, 0.3) is 0 Å². The highest BCUT2D eigenvalue weighted by Crippen LogP contribution is 2.23. The van der Waals surface area contributed by atoms with Crippen molar-refractivity contribution in [3.63, 3.8) is 0 Å². The molecule has 1 fully saturated rings. The van der Waals surface area contributed by atoms with Crippen LogP contribution in [0.3, 0.4) is 0 Å². The summed E-state index contributed by atoms with van der Waals surface area (Å²) in [5.41, 5.74) is 6.79. The van der Waals surface area contributed by atoms with E-state index in [0.29, 0.717) is 17.8 Å². The number of nitrogens with two attached hydrogens (primary N) is 1. The van der Waals surface area contributed by atoms with Crippen molar-refractivity contribution in [2.45, 2.75) is 32.1 Å². The maximum Gasteiger partial charge on any atom is 0.180 e. The molecule has 3 rings (SSSR count). The first-order chi connectivity index (χ1) is 11.2. The van der Waals surface area contributed by atoms with Gasteiger partial charge in [0, 0.05) is 36.3 Å². The largest absolute Gasteiger partial charge is 0.496 e. The fraction of sp³-hybridized carbons (Fsp3) is 0.471. The molecule has 0 radical (unpaired) electrons. The van der Waals surface area contributed by atoms with Gasteiger partial charge < -0.3 is 15.2 Å². The number of benzene rings is 1. The molecule has 0 unspecified atom stereocenters. The summed E-state index contributed by atoms with van der Waals surface area (Å²) in [6.07, 6.45) is 4.32. The van der Waals surface area contributed by atoms with Gasteiger partial charge in [-0.25, -0.2) is 4.98 Å². The number of anilines is 1. The number of hydrogen-bond donors (Lipinski definition) is 1. The van der Waals surface area contributed by atoms with Crippen LogP contribution >= 0.6 is 23.7 Å². The van der Waals surface area contributed by atoms with Gasteiger partial charge in [0.05, 0.1) is 19.8 Å². The van der Waals surface area contributed by atoms with Gasteiger partial charge in [-0.2, -0.15) is 0 Å². The molecule has 5 nitrogen and oxygen atoms in total. The fourth-order valence-electron chi connectivity index (χ4n) is 2.88. The molecule has 2 N–H and O–H groups in total. The zero-order chi connectivity index (χ0) is 16.1. The highest BCUT2D eigenvalue weighted by Gasteiger charge is 2.20. The second-order valence-corrected chi connectivity index (χ2v) is 6.91. The Morgan fingerprint density at radius 1 is 1.29 bits per heavy atom. The smallest absolute Gasteiger partial charge is 0.180 e. The van der Waals surface area contributed by atoms with E-state index in [4.69, 9.17) is 15.2 Å². The first kappa shape index (κ1) is 19.0. The number of para-hydroxylation sites is 1. The lowest BCUT2D eigenvalue weighted by molar-refractivity contribution is -0.00439. The summed E-state index contributed by atoms with van der Waals surface area (Å²) < 4.78 is 11.4. The van der Waals surface area contributed by atoms with Crippen LogP contribution in [-0.2, 0) is 17.9 Å². The van der Waals surface area contributed by atoms with Gasteiger partial charge in [-0.05, 0) is 18.9 Å². The number of piperidine rings is 1. The minimum absolute atomic E-state index is 0. The third-order valence-electron chi connectivity index (χ3n) is 4.15. The van der Waals surface area contributed by atoms with E-state index in [1.807, 2.05) is 24.4 Å². The number of hydrogen-bond acceptors (Lipinski definition) is 6. The van der Waals surface area contributed by atoms with Gasteiger partial charge >= 0.3 is 0 Å². The molecule has 0 spiro atoms. The van der Waals surface area contributed by atoms with Crippen LogP contribution in [0.5, 0.6) is 5.75 Å². The van der Waals surface area contributed by atoms with Crippen LogP contribution in [0, 0.1) is 0 Å². The Bertz CT molecular complexity index is 630. The Hall–Kier alpha value is -1.34. The van der Waals surface area contributed by atoms with Crippen molar-refractivity contribution in [2.24, 2.45) is 0 Å². The van der Waals surface area contributed by atoms with Gasteiger partial charge in [0.2, 0.25) is 0 Å². The van der Waals surface area contributed by atoms with Crippen molar-refractivity contribution in [3.05, 3.63) is 40.9 Å². The van der Waals surface area contributed by atoms with E-state index in [9.17, 15) is 0 Å². The van der Waals surface area contributed by atoms with E-state index in [-0.39, 0.29) is 12.4 Å². The molecular weight excluding hydrogens is 346 g/mol. The zero-order valence-corrected chi connectivity index (χ0v) is 15.4. The van der Waals surface area contributed by atoms with Gasteiger partial charge in [0.15, 0.2) is 5.13 Å². The zero-order valence-electron chi connectivity index (χ0n) is 13.8. The molecule has 0 saturated carbocycles. The van der Waals surface area contributed by atoms with E-state index in [1.165, 1.54) is 4.88 Å². The number of ether oxygens (including phenoxy) is 2. The van der Waals surface area contributed by atoms with Gasteiger partial charge in [-0.3, -0.25) is 4.90 Å². The molecule has 2 heterocycles. The normalized spacial score (nSPS) is 15.9. The van der Waals surface area contributed by atoms with E-state index < -0.39 is 0 Å². The highest BCUT2D eigenvalue weighted by atomic mass is 35.5. The molecule has 7 heteroatoms. The first-order valence-electron chi connectivity index (χ1n) is 7.90. The number of nitrogen functional groups attached to an aromatic ring is 1. The molecule has 1 aliphatic rings. The molecular formula is C17H24ClN3O2S. The van der Waals surface area contributed by atoms with Crippen molar-refractivity contribution in [3.8, 4) is 5.75 Å². The summed E-state index contributed by atoms with van der Waals surface area (Å²) in [6.45, 7) is 3.65. The van der Waals surface area contributed by atoms with Crippen molar-refractivity contribution in [2.75, 3.05) is 25.9 Å². The molecule has 0 amide bonds. The van der Waals surface area contributed by atoms with Crippen LogP contribution in [0.15, 0.2) is 30.5 Å². The summed E-state index contributed by atoms with van der Waals surface area (Å²) in [6, 6.07) is 8.03. The SMILES string of the molecule is COc1ccccc1COC1CCN(Cc2cnc(N)s2)CC1.Cl. The monoisotopic (exact) mass is 369 g/mol. The van der Waals surface area contributed by atoms with Crippen LogP contribution < -0.4 is 10.5 Å². The van der Waals surface area contributed by atoms with Crippen LogP contribution in [-0.4, -0.2) is 36.2 Å². The molecule has 1 aliphatic heterocycles. The molecule has 1 aromatic carbocycles. The Balaban J connectivity index is 0.00000208. The number of halogens is 1. The number of likely N-dealkylation sites (tertiary alicyclic amines) is 1. The molecule has 1 saturated heterocycles. The minimum atomic E-state index is 0. The number of nitrogens with zero attached hydrogens (tertiary/aromatic N) is 2. The van der Waals surface area contributed by atoms with Crippen molar-refractivity contribution < 1.29 is 9.47 Å². The lowest BCUT2D eigenvalue weighted by Gasteiger charge is -2.31. The van der Waals surface area contributed by atoms with Gasteiger partial charge in [-0.1, -0.05) is 18.2 Å². The molecule has 1 aromatic heterocycles. The van der Waals surface area contributed by atoms with Gasteiger partial charge in [-0.15, -0.1) is 23.7 Å². The Kier molecular flexibility index (Phi) is 7.30. The molecule has 24 heavy (non-hydrogen) atoms. The molecule has 132 valence electrons. The third-order valence-corrected chi connectivity index (χ3v) is 4.96. The van der Waals surface area contributed by atoms with E-state index >= 15 is 0 Å². The Morgan fingerprint density at radius 3 is 2.71 bits per heavy atom. The summed E-state index contributed by atoms with van der Waals surface area (Å²) in [7, 11) is 1.70. The first-order valence-corrected chi connectivity index (χ1v) is 8.72. The second kappa shape index (κ2) is 9.22. The van der Waals surface area contributed by atoms with E-state index in [0.717, 1.165) is 43.8 Å². The van der Waals surface area contributed by atoms with Crippen molar-refractivity contribution >= 4 is 28.9 Å². The molecule has 2 aromatic rings. The maximum atomic E-state index is 6.08. The summed E-state index contributed by atoms with van der Waals surface area (Å²) in [5.74, 6) is 0.896. The van der Waals surface area contributed by atoms with Crippen LogP contribution in [0.4, 0.5) is 5.13 Å². The standard InChI is InChI=1S/C17H23N3O2S.ClH/c1-21-16-5-3-2-4-13(16)12-22-14-6-8-20(9-7-14)11-15-10-19-17(18)23-15;/h2-5,10,14H,6-9,11-12H2,1H3,(H2,18,19);1H. The molecule has 0 aliphatic carbocycles. The summed E-state index contributed by atoms with van der Waals surface area (Å²) in [5, 5.41) is 0.648. The lowest BCUT2D eigenvalue weighted by atomic mass is 10.1. The average molecular weight is 370 g/mol. The highest BCUT2D eigenvalue weighted by molar-refractivity contribution is 7.15. The molecule has 0 atom stereocenters. The topological polar surface area (TPSA) is 60.6 Å². The number of aromatic nitrogens is 1. The Labute approximate surface area is 153 Å². The van der Waals surface area contributed by atoms with E-state index in [2.05, 4.69) is 16.0 Å². The van der Waals surface area contributed by atoms with Crippen LogP contribution in [0.1, 0.15) is 23.3 Å². The predicted molar refractivity (Wildman–Crippen MR) is 99.9 cm³/mol. The quantitative estimate of drug-likeness (QED) is 0.846. The lowest BCUT2D eigenvalue weighted by Crippen LogP contribution is -2.36. The van der Waals surface area contributed by atoms with Crippen LogP contribution in [0.2, 0.25) is 0 Å². The summed E-state index contributed by atoms with van der Waals surface area (Å²) >= 11 is 1.57. The number of thiazole rings is 1. The third kappa shape index (κ3) is 5.08. The van der Waals surface area contributed by atoms with Crippen LogP contribution in [0.25, 0.3) is 0 Å². The average Bonchev–Trinajstić information content (AvgIpc) is 2.99. The maximum absolute atomic E-state index is 6.08. The summed E-state index contributed by atoms with van der Waals surface area (Å²) in [4.78, 5) is 7.78. The Morgan fingerprint density at radius 2 is 2.04 bits per heavy atom. The fourth-order valence-corrected chi connectivity index (χ4v) is 3.61. The number of rotatable bonds is 6. The van der Waals surface area contributed by atoms with Crippen molar-refractivity contribution in [1.82, 2.24) is 9.88 Å². The minimum Gasteiger partial charge on any atom is -0.496 e. The number of methoxy groups -OCH3 is 1. The van der Waals surface area contributed by atoms with Crippen molar-refractivity contribution in [1.29, 1.82) is 0 Å². The predicted octanol–water partition coefficient (Wildman–Crippen LogP) is 3.34.